The molecule has 2 heterocycles. The van der Waals surface area contributed by atoms with Crippen molar-refractivity contribution in [1.29, 1.82) is 0 Å². The zero-order valence-electron chi connectivity index (χ0n) is 10.7. The van der Waals surface area contributed by atoms with Gasteiger partial charge in [0.05, 0.1) is 11.6 Å². The van der Waals surface area contributed by atoms with Crippen LogP contribution in [-0.2, 0) is 6.54 Å². The van der Waals surface area contributed by atoms with Gasteiger partial charge in [-0.25, -0.2) is 4.98 Å². The monoisotopic (exact) mass is 253 g/mol. The molecule has 1 aromatic carbocycles. The summed E-state index contributed by atoms with van der Waals surface area (Å²) in [4.78, 5) is 8.51. The summed E-state index contributed by atoms with van der Waals surface area (Å²) in [6, 6.07) is 10.3. The fourth-order valence-electron chi connectivity index (χ4n) is 2.09. The van der Waals surface area contributed by atoms with Crippen molar-refractivity contribution >= 4 is 10.9 Å². The molecule has 96 valence electrons. The quantitative estimate of drug-likeness (QED) is 0.748. The van der Waals surface area contributed by atoms with Crippen LogP contribution in [0.5, 0.6) is 0 Å². The largest absolute Gasteiger partial charge is 0.303 e. The average molecular weight is 253 g/mol. The van der Waals surface area contributed by atoms with Crippen LogP contribution in [0.4, 0.5) is 0 Å². The van der Waals surface area contributed by atoms with Gasteiger partial charge in [-0.3, -0.25) is 10.1 Å². The second-order valence-corrected chi connectivity index (χ2v) is 4.46. The van der Waals surface area contributed by atoms with E-state index in [4.69, 9.17) is 0 Å². The Balaban J connectivity index is 1.79. The third-order valence-electron chi connectivity index (χ3n) is 3.18. The number of benzene rings is 1. The number of aromatic amines is 1. The summed E-state index contributed by atoms with van der Waals surface area (Å²) in [6.45, 7) is 2.83. The Labute approximate surface area is 111 Å². The van der Waals surface area contributed by atoms with E-state index in [1.807, 2.05) is 30.5 Å². The van der Waals surface area contributed by atoms with E-state index in [1.54, 1.807) is 0 Å². The summed E-state index contributed by atoms with van der Waals surface area (Å²) in [5, 5.41) is 11.4. The van der Waals surface area contributed by atoms with E-state index in [-0.39, 0.29) is 6.04 Å². The minimum Gasteiger partial charge on any atom is -0.303 e. The normalized spacial score (nSPS) is 12.7. The number of H-pyrrole nitrogens is 1. The Morgan fingerprint density at radius 1 is 1.21 bits per heavy atom. The van der Waals surface area contributed by atoms with E-state index in [1.165, 1.54) is 17.3 Å². The number of nitrogens with zero attached hydrogens (tertiary/aromatic N) is 3. The highest BCUT2D eigenvalue weighted by atomic mass is 15.2. The van der Waals surface area contributed by atoms with E-state index >= 15 is 0 Å². The first-order valence-corrected chi connectivity index (χ1v) is 6.26. The van der Waals surface area contributed by atoms with Crippen molar-refractivity contribution < 1.29 is 0 Å². The molecular formula is C14H15N5. The van der Waals surface area contributed by atoms with Gasteiger partial charge in [-0.05, 0) is 24.6 Å². The van der Waals surface area contributed by atoms with E-state index in [0.717, 1.165) is 17.9 Å². The Hall–Kier alpha value is -2.27. The highest BCUT2D eigenvalue weighted by Gasteiger charge is 2.08. The molecule has 19 heavy (non-hydrogen) atoms. The Morgan fingerprint density at radius 2 is 2.11 bits per heavy atom. The van der Waals surface area contributed by atoms with E-state index < -0.39 is 0 Å². The van der Waals surface area contributed by atoms with Gasteiger partial charge in [-0.1, -0.05) is 18.2 Å². The van der Waals surface area contributed by atoms with E-state index in [2.05, 4.69) is 38.5 Å². The van der Waals surface area contributed by atoms with Crippen LogP contribution >= 0.6 is 0 Å². The molecule has 0 fully saturated rings. The minimum absolute atomic E-state index is 0.134. The lowest BCUT2D eigenvalue weighted by atomic mass is 10.1. The van der Waals surface area contributed by atoms with Crippen LogP contribution < -0.4 is 5.32 Å². The maximum Gasteiger partial charge on any atom is 0.141 e. The summed E-state index contributed by atoms with van der Waals surface area (Å²) >= 11 is 0. The zero-order valence-corrected chi connectivity index (χ0v) is 10.7. The number of rotatable bonds is 4. The van der Waals surface area contributed by atoms with Crippen molar-refractivity contribution in [3.63, 3.8) is 0 Å². The van der Waals surface area contributed by atoms with Gasteiger partial charge in [0.15, 0.2) is 0 Å². The summed E-state index contributed by atoms with van der Waals surface area (Å²) in [5.74, 6) is 0.846. The van der Waals surface area contributed by atoms with Gasteiger partial charge in [-0.15, -0.1) is 0 Å². The molecule has 2 N–H and O–H groups in total. The van der Waals surface area contributed by atoms with Crippen molar-refractivity contribution in [2.24, 2.45) is 0 Å². The smallest absolute Gasteiger partial charge is 0.141 e. The lowest BCUT2D eigenvalue weighted by Crippen LogP contribution is -2.19. The highest BCUT2D eigenvalue weighted by Crippen LogP contribution is 2.17. The average Bonchev–Trinajstić information content (AvgIpc) is 2.99. The molecule has 0 aliphatic rings. The third-order valence-corrected chi connectivity index (χ3v) is 3.18. The molecule has 0 amide bonds. The first-order chi connectivity index (χ1) is 9.34. The fraction of sp³-hybridized carbons (Fsp3) is 0.214. The van der Waals surface area contributed by atoms with Crippen molar-refractivity contribution in [3.8, 4) is 0 Å². The minimum atomic E-state index is 0.134. The van der Waals surface area contributed by atoms with Gasteiger partial charge >= 0.3 is 0 Å². The molecule has 0 saturated heterocycles. The topological polar surface area (TPSA) is 66.5 Å². The molecule has 0 saturated carbocycles. The van der Waals surface area contributed by atoms with Crippen molar-refractivity contribution in [3.05, 3.63) is 54.2 Å². The number of aromatic nitrogens is 4. The first-order valence-electron chi connectivity index (χ1n) is 6.26. The molecule has 0 radical (unpaired) electrons. The van der Waals surface area contributed by atoms with Gasteiger partial charge in [0.1, 0.15) is 12.2 Å². The van der Waals surface area contributed by atoms with Gasteiger partial charge in [-0.2, -0.15) is 5.10 Å². The number of nitrogens with one attached hydrogen (secondary N) is 2. The predicted octanol–water partition coefficient (Wildman–Crippen LogP) is 2.20. The molecule has 3 aromatic rings. The van der Waals surface area contributed by atoms with Gasteiger partial charge in [0.2, 0.25) is 0 Å². The van der Waals surface area contributed by atoms with E-state index in [9.17, 15) is 0 Å². The number of para-hydroxylation sites is 1. The Morgan fingerprint density at radius 3 is 2.95 bits per heavy atom. The van der Waals surface area contributed by atoms with Crippen LogP contribution in [0.25, 0.3) is 10.9 Å². The van der Waals surface area contributed by atoms with Crippen molar-refractivity contribution in [1.82, 2.24) is 25.5 Å². The lowest BCUT2D eigenvalue weighted by Gasteiger charge is -2.12. The Bertz CT molecular complexity index is 657. The van der Waals surface area contributed by atoms with Crippen LogP contribution in [0.2, 0.25) is 0 Å². The maximum absolute atomic E-state index is 4.36. The van der Waals surface area contributed by atoms with Crippen LogP contribution in [0.1, 0.15) is 24.4 Å². The fourth-order valence-corrected chi connectivity index (χ4v) is 2.09. The van der Waals surface area contributed by atoms with Crippen LogP contribution in [0, 0.1) is 0 Å². The summed E-state index contributed by atoms with van der Waals surface area (Å²) in [5.41, 5.74) is 2.26. The summed E-state index contributed by atoms with van der Waals surface area (Å²) in [7, 11) is 0. The van der Waals surface area contributed by atoms with Crippen LogP contribution in [-0.4, -0.2) is 20.2 Å². The van der Waals surface area contributed by atoms with Crippen molar-refractivity contribution in [2.45, 2.75) is 19.5 Å². The molecular weight excluding hydrogens is 238 g/mol. The standard InChI is InChI=1S/C14H15N5/c1-10(14-17-9-18-19-14)16-8-11-6-7-15-13-5-3-2-4-12(11)13/h2-7,9-10,16H,8H2,1H3,(H,17,18,19). The van der Waals surface area contributed by atoms with Crippen LogP contribution in [0.15, 0.2) is 42.9 Å². The van der Waals surface area contributed by atoms with Crippen molar-refractivity contribution in [2.75, 3.05) is 0 Å². The van der Waals surface area contributed by atoms with Gasteiger partial charge < -0.3 is 5.32 Å². The summed E-state index contributed by atoms with van der Waals surface area (Å²) < 4.78 is 0. The highest BCUT2D eigenvalue weighted by molar-refractivity contribution is 5.81. The molecule has 2 aromatic heterocycles. The molecule has 3 rings (SSSR count). The van der Waals surface area contributed by atoms with Gasteiger partial charge in [0.25, 0.3) is 0 Å². The van der Waals surface area contributed by atoms with Gasteiger partial charge in [0, 0.05) is 18.1 Å². The van der Waals surface area contributed by atoms with Crippen LogP contribution in [0.3, 0.4) is 0 Å². The first kappa shape index (κ1) is 11.8. The number of hydrogen-bond donors (Lipinski definition) is 2. The molecule has 0 spiro atoms. The molecule has 0 bridgehead atoms. The molecule has 1 unspecified atom stereocenters. The summed E-state index contributed by atoms with van der Waals surface area (Å²) in [6.07, 6.45) is 3.37. The lowest BCUT2D eigenvalue weighted by molar-refractivity contribution is 0.549. The molecule has 5 heteroatoms. The predicted molar refractivity (Wildman–Crippen MR) is 73.4 cm³/mol. The molecule has 0 aliphatic carbocycles. The molecule has 0 aliphatic heterocycles. The number of fused-ring (bicyclic) bond motifs is 1. The second kappa shape index (κ2) is 5.16. The molecule has 5 nitrogen and oxygen atoms in total. The maximum atomic E-state index is 4.36. The number of hydrogen-bond acceptors (Lipinski definition) is 4. The zero-order chi connectivity index (χ0) is 13.1. The SMILES string of the molecule is CC(NCc1ccnc2ccccc12)c1ncn[nH]1. The Kier molecular flexibility index (Phi) is 3.20. The van der Waals surface area contributed by atoms with E-state index in [0.29, 0.717) is 0 Å². The third kappa shape index (κ3) is 2.46. The number of pyridine rings is 1. The second-order valence-electron chi connectivity index (χ2n) is 4.46. The molecule has 1 atom stereocenters.